The molecule has 4 nitrogen and oxygen atoms in total. The van der Waals surface area contributed by atoms with Crippen LogP contribution < -0.4 is 4.52 Å². The van der Waals surface area contributed by atoms with Gasteiger partial charge < -0.3 is 4.52 Å². The van der Waals surface area contributed by atoms with E-state index in [4.69, 9.17) is 20.9 Å². The summed E-state index contributed by atoms with van der Waals surface area (Å²) in [5.41, 5.74) is 0. The molecule has 15 heavy (non-hydrogen) atoms. The maximum atomic E-state index is 11.8. The second kappa shape index (κ2) is 5.52. The molecule has 0 spiro atoms. The normalized spacial score (nSPS) is 14.9. The molecule has 6 heteroatoms. The fraction of sp³-hybridized carbons (Fsp3) is 0.333. The minimum Gasteiger partial charge on any atom is -0.403 e. The van der Waals surface area contributed by atoms with Gasteiger partial charge in [0.2, 0.25) is 0 Å². The van der Waals surface area contributed by atoms with Gasteiger partial charge in [0.05, 0.1) is 18.0 Å². The smallest absolute Gasteiger partial charge is 0.403 e. The molecule has 0 aliphatic heterocycles. The van der Waals surface area contributed by atoms with Crippen molar-refractivity contribution in [3.63, 3.8) is 0 Å². The maximum absolute atomic E-state index is 11.8. The summed E-state index contributed by atoms with van der Waals surface area (Å²) < 4.78 is 26.0. The lowest BCUT2D eigenvalue weighted by molar-refractivity contribution is 0.170. The van der Waals surface area contributed by atoms with Crippen LogP contribution in [-0.4, -0.2) is 6.10 Å². The van der Waals surface area contributed by atoms with Crippen LogP contribution in [0, 0.1) is 0 Å². The molecule has 0 N–H and O–H groups in total. The molecule has 0 saturated heterocycles. The van der Waals surface area contributed by atoms with Gasteiger partial charge >= 0.3 is 7.82 Å². The summed E-state index contributed by atoms with van der Waals surface area (Å²) in [5, 5.41) is 0. The van der Waals surface area contributed by atoms with Gasteiger partial charge in [0.1, 0.15) is 5.75 Å². The van der Waals surface area contributed by atoms with Crippen molar-refractivity contribution < 1.29 is 17.7 Å². The quantitative estimate of drug-likeness (QED) is 0.746. The van der Waals surface area contributed by atoms with E-state index in [0.29, 0.717) is 5.75 Å². The molecule has 0 aliphatic carbocycles. The average Bonchev–Trinajstić information content (AvgIpc) is 2.18. The zero-order valence-electron chi connectivity index (χ0n) is 8.42. The van der Waals surface area contributed by atoms with E-state index < -0.39 is 7.82 Å². The molecule has 0 saturated carbocycles. The summed E-state index contributed by atoms with van der Waals surface area (Å²) in [7, 11) is -3.71. The minimum atomic E-state index is -3.71. The van der Waals surface area contributed by atoms with Crippen LogP contribution in [-0.2, 0) is 13.2 Å². The highest BCUT2D eigenvalue weighted by Crippen LogP contribution is 2.51. The Kier molecular flexibility index (Phi) is 4.61. The van der Waals surface area contributed by atoms with Crippen LogP contribution in [0.25, 0.3) is 0 Å². The lowest BCUT2D eigenvalue weighted by Crippen LogP contribution is -2.05. The van der Waals surface area contributed by atoms with Crippen molar-refractivity contribution in [3.05, 3.63) is 30.3 Å². The highest BCUT2D eigenvalue weighted by atomic mass is 35.5. The number of hydrogen-bond acceptors (Lipinski definition) is 4. The van der Waals surface area contributed by atoms with Gasteiger partial charge in [0.15, 0.2) is 0 Å². The van der Waals surface area contributed by atoms with Crippen molar-refractivity contribution in [2.45, 2.75) is 20.0 Å². The molecule has 0 fully saturated rings. The van der Waals surface area contributed by atoms with Gasteiger partial charge in [-0.05, 0) is 26.0 Å². The van der Waals surface area contributed by atoms with Crippen molar-refractivity contribution in [1.29, 1.82) is 0 Å². The first-order valence-corrected chi connectivity index (χ1v) is 6.16. The highest BCUT2D eigenvalue weighted by Gasteiger charge is 2.30. The Bertz CT molecular complexity index is 341. The number of phosphoric ester groups is 1. The summed E-state index contributed by atoms with van der Waals surface area (Å²) in [4.78, 5) is 0. The SMILES string of the molecule is CC(C)OP(=O)(OCl)Oc1ccccc1. The van der Waals surface area contributed by atoms with Gasteiger partial charge in [-0.2, -0.15) is 4.08 Å². The summed E-state index contributed by atoms with van der Waals surface area (Å²) in [5.74, 6) is 0.377. The number of para-hydroxylation sites is 1. The van der Waals surface area contributed by atoms with E-state index in [0.717, 1.165) is 0 Å². The Hall–Kier alpha value is -0.540. The van der Waals surface area contributed by atoms with Crippen LogP contribution in [0.15, 0.2) is 30.3 Å². The third kappa shape index (κ3) is 4.22. The van der Waals surface area contributed by atoms with Crippen molar-refractivity contribution in [3.8, 4) is 5.75 Å². The average molecular weight is 251 g/mol. The third-order valence-corrected chi connectivity index (χ3v) is 3.18. The number of halogens is 1. The largest absolute Gasteiger partial charge is 0.547 e. The topological polar surface area (TPSA) is 44.8 Å². The predicted octanol–water partition coefficient (Wildman–Crippen LogP) is 3.77. The summed E-state index contributed by atoms with van der Waals surface area (Å²) in [6.07, 6.45) is -0.307. The molecule has 0 heterocycles. The Morgan fingerprint density at radius 3 is 2.33 bits per heavy atom. The molecule has 0 bridgehead atoms. The molecule has 0 radical (unpaired) electrons. The number of rotatable bonds is 5. The van der Waals surface area contributed by atoms with Gasteiger partial charge in [-0.25, -0.2) is 4.57 Å². The number of phosphoric acid groups is 1. The lowest BCUT2D eigenvalue weighted by atomic mass is 10.3. The molecule has 0 aromatic heterocycles. The van der Waals surface area contributed by atoms with Crippen LogP contribution >= 0.6 is 19.7 Å². The zero-order valence-corrected chi connectivity index (χ0v) is 10.1. The maximum Gasteiger partial charge on any atom is 0.547 e. The van der Waals surface area contributed by atoms with Gasteiger partial charge in [-0.15, -0.1) is 0 Å². The van der Waals surface area contributed by atoms with Crippen molar-refractivity contribution >= 4 is 19.7 Å². The van der Waals surface area contributed by atoms with E-state index in [1.807, 2.05) is 6.07 Å². The molecule has 0 amide bonds. The Morgan fingerprint density at radius 1 is 1.27 bits per heavy atom. The molecule has 0 aliphatic rings. The van der Waals surface area contributed by atoms with Gasteiger partial charge in [0, 0.05) is 0 Å². The Labute approximate surface area is 93.9 Å². The van der Waals surface area contributed by atoms with E-state index in [1.165, 1.54) is 0 Å². The first-order chi connectivity index (χ1) is 7.06. The fourth-order valence-electron chi connectivity index (χ4n) is 0.921. The molecule has 1 rings (SSSR count). The van der Waals surface area contributed by atoms with E-state index >= 15 is 0 Å². The van der Waals surface area contributed by atoms with Crippen LogP contribution in [0.4, 0.5) is 0 Å². The summed E-state index contributed by atoms with van der Waals surface area (Å²) >= 11 is 5.09. The zero-order chi connectivity index (χ0) is 11.3. The van der Waals surface area contributed by atoms with Gasteiger partial charge in [0.25, 0.3) is 0 Å². The Balaban J connectivity index is 2.73. The molecular formula is C9H12ClO4P. The standard InChI is InChI=1S/C9H12ClO4P/c1-8(2)12-15(11,14-10)13-9-6-4-3-5-7-9/h3-8H,1-2H3. The molecular weight excluding hydrogens is 239 g/mol. The predicted molar refractivity (Wildman–Crippen MR) is 57.8 cm³/mol. The first kappa shape index (κ1) is 12.5. The fourth-order valence-corrected chi connectivity index (χ4v) is 2.10. The van der Waals surface area contributed by atoms with Crippen LogP contribution in [0.3, 0.4) is 0 Å². The lowest BCUT2D eigenvalue weighted by Gasteiger charge is -2.16. The number of hydrogen-bond donors (Lipinski definition) is 0. The first-order valence-electron chi connectivity index (χ1n) is 4.39. The van der Waals surface area contributed by atoms with Crippen LogP contribution in [0.1, 0.15) is 13.8 Å². The monoisotopic (exact) mass is 250 g/mol. The second-order valence-corrected chi connectivity index (χ2v) is 4.91. The molecule has 1 aromatic carbocycles. The van der Waals surface area contributed by atoms with Crippen molar-refractivity contribution in [2.24, 2.45) is 0 Å². The van der Waals surface area contributed by atoms with E-state index in [9.17, 15) is 4.57 Å². The van der Waals surface area contributed by atoms with Crippen LogP contribution in [0.2, 0.25) is 0 Å². The molecule has 1 unspecified atom stereocenters. The van der Waals surface area contributed by atoms with Crippen molar-refractivity contribution in [1.82, 2.24) is 0 Å². The summed E-state index contributed by atoms with van der Waals surface area (Å²) in [6, 6.07) is 8.55. The highest BCUT2D eigenvalue weighted by molar-refractivity contribution is 7.49. The molecule has 1 aromatic rings. The third-order valence-electron chi connectivity index (χ3n) is 1.38. The van der Waals surface area contributed by atoms with Crippen LogP contribution in [0.5, 0.6) is 5.75 Å². The van der Waals surface area contributed by atoms with Gasteiger partial charge in [-0.1, -0.05) is 18.2 Å². The number of benzene rings is 1. The Morgan fingerprint density at radius 2 is 1.87 bits per heavy atom. The van der Waals surface area contributed by atoms with E-state index in [-0.39, 0.29) is 6.10 Å². The van der Waals surface area contributed by atoms with Gasteiger partial charge in [-0.3, -0.25) is 4.52 Å². The van der Waals surface area contributed by atoms with E-state index in [1.54, 1.807) is 38.1 Å². The second-order valence-electron chi connectivity index (χ2n) is 3.07. The van der Waals surface area contributed by atoms with Crippen molar-refractivity contribution in [2.75, 3.05) is 0 Å². The van der Waals surface area contributed by atoms with E-state index in [2.05, 4.69) is 4.08 Å². The summed E-state index contributed by atoms with van der Waals surface area (Å²) in [6.45, 7) is 3.41. The molecule has 1 atom stereocenters. The minimum absolute atomic E-state index is 0.307. The molecule has 84 valence electrons.